The number of fused-ring (bicyclic) bond motifs is 1. The molecule has 2 N–H and O–H groups in total. The maximum atomic E-state index is 5.98. The molecule has 0 amide bonds. The van der Waals surface area contributed by atoms with Gasteiger partial charge < -0.3 is 5.73 Å². The first-order valence-corrected chi connectivity index (χ1v) is 7.66. The highest BCUT2D eigenvalue weighted by molar-refractivity contribution is 7.09. The molecule has 21 heavy (non-hydrogen) atoms. The van der Waals surface area contributed by atoms with Gasteiger partial charge in [-0.25, -0.2) is 9.97 Å². The predicted molar refractivity (Wildman–Crippen MR) is 85.1 cm³/mol. The summed E-state index contributed by atoms with van der Waals surface area (Å²) in [6, 6.07) is 4.24. The first-order chi connectivity index (χ1) is 10.1. The lowest BCUT2D eigenvalue weighted by Crippen LogP contribution is -2.22. The third kappa shape index (κ3) is 3.03. The first kappa shape index (κ1) is 14.0. The maximum absolute atomic E-state index is 5.98. The quantitative estimate of drug-likeness (QED) is 0.776. The summed E-state index contributed by atoms with van der Waals surface area (Å²) >= 11 is 1.79. The van der Waals surface area contributed by atoms with Gasteiger partial charge in [-0.15, -0.1) is 11.3 Å². The second-order valence-corrected chi connectivity index (χ2v) is 6.13. The second-order valence-electron chi connectivity index (χ2n) is 5.10. The third-order valence-corrected chi connectivity index (χ3v) is 4.34. The van der Waals surface area contributed by atoms with Crippen LogP contribution in [0.15, 0.2) is 23.7 Å². The zero-order valence-electron chi connectivity index (χ0n) is 12.2. The van der Waals surface area contributed by atoms with E-state index in [4.69, 9.17) is 5.73 Å². The molecule has 0 spiro atoms. The Bertz CT molecular complexity index is 733. The summed E-state index contributed by atoms with van der Waals surface area (Å²) in [6.45, 7) is 1.64. The Kier molecular flexibility index (Phi) is 3.85. The van der Waals surface area contributed by atoms with Gasteiger partial charge in [0.2, 0.25) is 0 Å². The van der Waals surface area contributed by atoms with Crippen molar-refractivity contribution in [3.05, 3.63) is 34.4 Å². The summed E-state index contributed by atoms with van der Waals surface area (Å²) in [6.07, 6.45) is 2.74. The lowest BCUT2D eigenvalue weighted by Gasteiger charge is -2.15. The molecule has 0 fully saturated rings. The van der Waals surface area contributed by atoms with E-state index in [1.54, 1.807) is 22.2 Å². The van der Waals surface area contributed by atoms with Crippen molar-refractivity contribution in [3.8, 4) is 0 Å². The van der Waals surface area contributed by atoms with Gasteiger partial charge in [0.05, 0.1) is 18.1 Å². The van der Waals surface area contributed by atoms with Crippen LogP contribution in [0, 0.1) is 0 Å². The minimum Gasteiger partial charge on any atom is -0.383 e. The summed E-state index contributed by atoms with van der Waals surface area (Å²) in [5.74, 6) is 1.23. The molecule has 0 atom stereocenters. The largest absolute Gasteiger partial charge is 0.383 e. The van der Waals surface area contributed by atoms with Crippen LogP contribution in [0.5, 0.6) is 0 Å². The van der Waals surface area contributed by atoms with Gasteiger partial charge in [-0.2, -0.15) is 5.10 Å². The number of nitrogens with zero attached hydrogens (tertiary/aromatic N) is 5. The molecule has 7 heteroatoms. The molecule has 0 aliphatic heterocycles. The molecule has 0 unspecified atom stereocenters. The Labute approximate surface area is 127 Å². The van der Waals surface area contributed by atoms with Crippen LogP contribution in [-0.4, -0.2) is 38.2 Å². The zero-order chi connectivity index (χ0) is 14.8. The number of hydrogen-bond donors (Lipinski definition) is 1. The van der Waals surface area contributed by atoms with Crippen LogP contribution in [0.25, 0.3) is 11.0 Å². The van der Waals surface area contributed by atoms with Crippen LogP contribution in [0.2, 0.25) is 0 Å². The Morgan fingerprint density at radius 1 is 1.38 bits per heavy atom. The van der Waals surface area contributed by atoms with Crippen LogP contribution in [0.1, 0.15) is 10.7 Å². The number of nitrogens with two attached hydrogens (primary N) is 1. The predicted octanol–water partition coefficient (Wildman–Crippen LogP) is 1.68. The summed E-state index contributed by atoms with van der Waals surface area (Å²) in [4.78, 5) is 12.5. The molecule has 3 heterocycles. The summed E-state index contributed by atoms with van der Waals surface area (Å²) < 4.78 is 1.72. The number of nitrogen functional groups attached to an aromatic ring is 1. The smallest absolute Gasteiger partial charge is 0.163 e. The van der Waals surface area contributed by atoms with E-state index in [-0.39, 0.29) is 0 Å². The maximum Gasteiger partial charge on any atom is 0.163 e. The highest BCUT2D eigenvalue weighted by Crippen LogP contribution is 2.17. The summed E-state index contributed by atoms with van der Waals surface area (Å²) in [5, 5.41) is 7.08. The van der Waals surface area contributed by atoms with Gasteiger partial charge in [-0.3, -0.25) is 9.58 Å². The van der Waals surface area contributed by atoms with E-state index in [1.165, 1.54) is 4.88 Å². The molecule has 0 aliphatic carbocycles. The Balaban J connectivity index is 1.70. The van der Waals surface area contributed by atoms with Gasteiger partial charge in [0.15, 0.2) is 5.65 Å². The zero-order valence-corrected chi connectivity index (χ0v) is 13.0. The van der Waals surface area contributed by atoms with E-state index in [0.29, 0.717) is 12.4 Å². The topological polar surface area (TPSA) is 72.9 Å². The van der Waals surface area contributed by atoms with Gasteiger partial charge >= 0.3 is 0 Å². The molecule has 0 saturated heterocycles. The van der Waals surface area contributed by atoms with Crippen molar-refractivity contribution in [3.63, 3.8) is 0 Å². The third-order valence-electron chi connectivity index (χ3n) is 3.40. The number of aryl methyl sites for hydroxylation is 1. The molecule has 0 aliphatic rings. The van der Waals surface area contributed by atoms with E-state index in [9.17, 15) is 0 Å². The van der Waals surface area contributed by atoms with Gasteiger partial charge in [0, 0.05) is 18.5 Å². The van der Waals surface area contributed by atoms with Crippen LogP contribution in [0.4, 0.5) is 5.82 Å². The Hall–Kier alpha value is -1.99. The van der Waals surface area contributed by atoms with Gasteiger partial charge in [-0.05, 0) is 24.9 Å². The minimum absolute atomic E-state index is 0.495. The van der Waals surface area contributed by atoms with E-state index in [2.05, 4.69) is 44.5 Å². The molecule has 6 nitrogen and oxygen atoms in total. The standard InChI is InChI=1S/C14H18N6S/c1-19(6-5-10-4-3-7-21-10)9-12-17-13(15)11-8-16-20(2)14(11)18-12/h3-4,7-8H,5-6,9H2,1-2H3,(H2,15,17,18). The molecule has 0 saturated carbocycles. The normalized spacial score (nSPS) is 11.6. The van der Waals surface area contributed by atoms with E-state index in [1.807, 2.05) is 7.05 Å². The molecule has 3 aromatic rings. The molecule has 0 bridgehead atoms. The highest BCUT2D eigenvalue weighted by Gasteiger charge is 2.11. The fourth-order valence-electron chi connectivity index (χ4n) is 2.24. The fraction of sp³-hybridized carbons (Fsp3) is 0.357. The van der Waals surface area contributed by atoms with Crippen molar-refractivity contribution in [2.45, 2.75) is 13.0 Å². The van der Waals surface area contributed by atoms with Crippen molar-refractivity contribution in [1.82, 2.24) is 24.6 Å². The molecular formula is C14H18N6S. The summed E-state index contributed by atoms with van der Waals surface area (Å²) in [7, 11) is 3.93. The average molecular weight is 302 g/mol. The van der Waals surface area contributed by atoms with Crippen LogP contribution < -0.4 is 5.73 Å². The number of aromatic nitrogens is 4. The molecular weight excluding hydrogens is 284 g/mol. The van der Waals surface area contributed by atoms with Crippen LogP contribution in [0.3, 0.4) is 0 Å². The molecule has 3 rings (SSSR count). The van der Waals surface area contributed by atoms with Crippen molar-refractivity contribution in [2.24, 2.45) is 7.05 Å². The van der Waals surface area contributed by atoms with Crippen molar-refractivity contribution in [2.75, 3.05) is 19.3 Å². The SMILES string of the molecule is CN(CCc1cccs1)Cc1nc(N)c2cnn(C)c2n1. The van der Waals surface area contributed by atoms with E-state index >= 15 is 0 Å². The van der Waals surface area contributed by atoms with E-state index < -0.39 is 0 Å². The highest BCUT2D eigenvalue weighted by atomic mass is 32.1. The Morgan fingerprint density at radius 3 is 3.00 bits per heavy atom. The van der Waals surface area contributed by atoms with Crippen molar-refractivity contribution < 1.29 is 0 Å². The first-order valence-electron chi connectivity index (χ1n) is 6.78. The van der Waals surface area contributed by atoms with Crippen LogP contribution >= 0.6 is 11.3 Å². The lowest BCUT2D eigenvalue weighted by atomic mass is 10.3. The number of likely N-dealkylation sites (N-methyl/N-ethyl adjacent to an activating group) is 1. The molecule has 3 aromatic heterocycles. The molecule has 0 radical (unpaired) electrons. The van der Waals surface area contributed by atoms with Gasteiger partial charge in [-0.1, -0.05) is 6.07 Å². The summed E-state index contributed by atoms with van der Waals surface area (Å²) in [5.41, 5.74) is 6.76. The number of thiophene rings is 1. The van der Waals surface area contributed by atoms with E-state index in [0.717, 1.165) is 29.8 Å². The average Bonchev–Trinajstić information content (AvgIpc) is 3.07. The van der Waals surface area contributed by atoms with Gasteiger partial charge in [0.25, 0.3) is 0 Å². The Morgan fingerprint density at radius 2 is 2.24 bits per heavy atom. The molecule has 0 aromatic carbocycles. The number of hydrogen-bond acceptors (Lipinski definition) is 6. The fourth-order valence-corrected chi connectivity index (χ4v) is 2.94. The van der Waals surface area contributed by atoms with Crippen molar-refractivity contribution >= 4 is 28.2 Å². The molecule has 110 valence electrons. The van der Waals surface area contributed by atoms with Crippen LogP contribution in [-0.2, 0) is 20.0 Å². The van der Waals surface area contributed by atoms with Crippen molar-refractivity contribution in [1.29, 1.82) is 0 Å². The second kappa shape index (κ2) is 5.79. The monoisotopic (exact) mass is 302 g/mol. The minimum atomic E-state index is 0.495. The number of anilines is 1. The lowest BCUT2D eigenvalue weighted by molar-refractivity contribution is 0.324. The number of rotatable bonds is 5. The van der Waals surface area contributed by atoms with Gasteiger partial charge in [0.1, 0.15) is 11.6 Å².